The molecule has 4 heteroatoms. The molecular weight excluding hydrogens is 236 g/mol. The molecule has 1 fully saturated rings. The van der Waals surface area contributed by atoms with Crippen LogP contribution in [0.1, 0.15) is 34.1 Å². The predicted molar refractivity (Wildman–Crippen MR) is 77.7 cm³/mol. The first-order valence-corrected chi connectivity index (χ1v) is 7.63. The second-order valence-electron chi connectivity index (χ2n) is 5.50. The van der Waals surface area contributed by atoms with Crippen molar-refractivity contribution in [2.75, 3.05) is 13.2 Å². The molecule has 0 aromatic heterocycles. The molecule has 0 spiro atoms. The van der Waals surface area contributed by atoms with Gasteiger partial charge in [0.1, 0.15) is 0 Å². The van der Waals surface area contributed by atoms with Gasteiger partial charge >= 0.3 is 0 Å². The van der Waals surface area contributed by atoms with Gasteiger partial charge in [-0.25, -0.2) is 0 Å². The highest BCUT2D eigenvalue weighted by Gasteiger charge is 2.35. The van der Waals surface area contributed by atoms with Crippen LogP contribution in [0.15, 0.2) is 0 Å². The highest BCUT2D eigenvalue weighted by Crippen LogP contribution is 2.30. The Kier molecular flexibility index (Phi) is 6.16. The molecule has 3 unspecified atom stereocenters. The quantitative estimate of drug-likeness (QED) is 0.707. The molecule has 2 nitrogen and oxygen atoms in total. The lowest BCUT2D eigenvalue weighted by molar-refractivity contribution is 0.120. The fraction of sp³-hybridized carbons (Fsp3) is 1.00. The number of hydrogen-bond acceptors (Lipinski definition) is 2. The highest BCUT2D eigenvalue weighted by molar-refractivity contribution is 7.37. The molecule has 0 bridgehead atoms. The SMILES string of the molecule is CC(C)[C@@H]1CC(COC(P)P)CN1C(C)C. The van der Waals surface area contributed by atoms with Gasteiger partial charge in [-0.2, -0.15) is 0 Å². The summed E-state index contributed by atoms with van der Waals surface area (Å²) >= 11 is 0. The maximum Gasteiger partial charge on any atom is 0.0837 e. The molecular formula is C12H27NOP2. The van der Waals surface area contributed by atoms with Gasteiger partial charge in [-0.3, -0.25) is 4.90 Å². The Morgan fingerprint density at radius 3 is 2.25 bits per heavy atom. The average molecular weight is 263 g/mol. The number of likely N-dealkylation sites (tertiary alicyclic amines) is 1. The van der Waals surface area contributed by atoms with Gasteiger partial charge in [-0.15, -0.1) is 18.5 Å². The molecule has 0 N–H and O–H groups in total. The first kappa shape index (κ1) is 14.8. The zero-order chi connectivity index (χ0) is 12.3. The lowest BCUT2D eigenvalue weighted by Gasteiger charge is -2.30. The van der Waals surface area contributed by atoms with Crippen molar-refractivity contribution in [3.05, 3.63) is 0 Å². The van der Waals surface area contributed by atoms with Gasteiger partial charge in [0, 0.05) is 18.6 Å². The second kappa shape index (κ2) is 6.64. The van der Waals surface area contributed by atoms with Crippen molar-refractivity contribution in [2.24, 2.45) is 11.8 Å². The van der Waals surface area contributed by atoms with Crippen molar-refractivity contribution >= 4 is 18.5 Å². The van der Waals surface area contributed by atoms with Gasteiger partial charge in [0.25, 0.3) is 0 Å². The summed E-state index contributed by atoms with van der Waals surface area (Å²) in [5.41, 5.74) is 0.200. The van der Waals surface area contributed by atoms with Gasteiger partial charge in [-0.1, -0.05) is 13.8 Å². The van der Waals surface area contributed by atoms with Crippen LogP contribution in [0.3, 0.4) is 0 Å². The Bertz CT molecular complexity index is 193. The van der Waals surface area contributed by atoms with Gasteiger partial charge < -0.3 is 4.74 Å². The molecule has 0 aliphatic carbocycles. The number of nitrogens with zero attached hydrogens (tertiary/aromatic N) is 1. The summed E-state index contributed by atoms with van der Waals surface area (Å²) in [6.07, 6.45) is 1.29. The van der Waals surface area contributed by atoms with Crippen LogP contribution in [-0.4, -0.2) is 35.7 Å². The topological polar surface area (TPSA) is 12.5 Å². The van der Waals surface area contributed by atoms with Gasteiger partial charge in [0.15, 0.2) is 0 Å². The molecule has 4 atom stereocenters. The first-order valence-electron chi connectivity index (χ1n) is 6.30. The van der Waals surface area contributed by atoms with Crippen LogP contribution in [0.4, 0.5) is 0 Å². The molecule has 0 aromatic carbocycles. The van der Waals surface area contributed by atoms with Crippen molar-refractivity contribution in [1.29, 1.82) is 0 Å². The minimum absolute atomic E-state index is 0.200. The van der Waals surface area contributed by atoms with E-state index in [1.165, 1.54) is 13.0 Å². The third-order valence-corrected chi connectivity index (χ3v) is 3.81. The largest absolute Gasteiger partial charge is 0.370 e. The van der Waals surface area contributed by atoms with Crippen LogP contribution in [0.5, 0.6) is 0 Å². The second-order valence-corrected chi connectivity index (χ2v) is 7.59. The van der Waals surface area contributed by atoms with E-state index < -0.39 is 0 Å². The summed E-state index contributed by atoms with van der Waals surface area (Å²) in [6.45, 7) is 11.3. The van der Waals surface area contributed by atoms with E-state index in [9.17, 15) is 0 Å². The number of rotatable bonds is 5. The molecule has 0 saturated carbocycles. The van der Waals surface area contributed by atoms with E-state index in [0.29, 0.717) is 12.0 Å². The fourth-order valence-electron chi connectivity index (χ4n) is 2.60. The minimum atomic E-state index is 0.200. The van der Waals surface area contributed by atoms with Crippen LogP contribution >= 0.6 is 18.5 Å². The van der Waals surface area contributed by atoms with Crippen molar-refractivity contribution in [3.63, 3.8) is 0 Å². The fourth-order valence-corrected chi connectivity index (χ4v) is 2.82. The lowest BCUT2D eigenvalue weighted by Crippen LogP contribution is -2.38. The Labute approximate surface area is 105 Å². The third kappa shape index (κ3) is 4.22. The summed E-state index contributed by atoms with van der Waals surface area (Å²) in [7, 11) is 5.33. The van der Waals surface area contributed by atoms with Crippen LogP contribution in [0.25, 0.3) is 0 Å². The molecule has 96 valence electrons. The van der Waals surface area contributed by atoms with E-state index in [4.69, 9.17) is 4.74 Å². The Morgan fingerprint density at radius 1 is 1.25 bits per heavy atom. The molecule has 1 aliphatic rings. The van der Waals surface area contributed by atoms with E-state index in [1.54, 1.807) is 0 Å². The molecule has 1 heterocycles. The monoisotopic (exact) mass is 263 g/mol. The van der Waals surface area contributed by atoms with Gasteiger partial charge in [0.2, 0.25) is 0 Å². The summed E-state index contributed by atoms with van der Waals surface area (Å²) < 4.78 is 5.68. The maximum absolute atomic E-state index is 5.68. The van der Waals surface area contributed by atoms with Crippen molar-refractivity contribution in [3.8, 4) is 0 Å². The summed E-state index contributed by atoms with van der Waals surface area (Å²) in [5.74, 6) is 1.45. The maximum atomic E-state index is 5.68. The van der Waals surface area contributed by atoms with Crippen LogP contribution < -0.4 is 0 Å². The lowest BCUT2D eigenvalue weighted by atomic mass is 9.97. The summed E-state index contributed by atoms with van der Waals surface area (Å²) in [5, 5.41) is 0. The van der Waals surface area contributed by atoms with E-state index in [2.05, 4.69) is 51.1 Å². The first-order chi connectivity index (χ1) is 7.41. The van der Waals surface area contributed by atoms with Crippen LogP contribution in [0, 0.1) is 11.8 Å². The van der Waals surface area contributed by atoms with Gasteiger partial charge in [0.05, 0.1) is 12.2 Å². The van der Waals surface area contributed by atoms with E-state index >= 15 is 0 Å². The summed E-state index contributed by atoms with van der Waals surface area (Å²) in [6, 6.07) is 1.39. The number of ether oxygens (including phenoxy) is 1. The molecule has 1 aliphatic heterocycles. The van der Waals surface area contributed by atoms with Crippen molar-refractivity contribution in [2.45, 2.75) is 51.8 Å². The Morgan fingerprint density at radius 2 is 1.88 bits per heavy atom. The zero-order valence-electron chi connectivity index (χ0n) is 11.0. The standard InChI is InChI=1S/C12H27NOP2/c1-8(2)11-5-10(7-14-12(15)16)6-13(11)9(3)4/h8-12H,5-7,15-16H2,1-4H3/t10?,11-/m0/s1. The minimum Gasteiger partial charge on any atom is -0.370 e. The molecule has 0 aromatic rings. The molecule has 0 amide bonds. The van der Waals surface area contributed by atoms with Crippen LogP contribution in [0.2, 0.25) is 0 Å². The Hall–Kier alpha value is 0.780. The average Bonchev–Trinajstić information content (AvgIpc) is 2.58. The van der Waals surface area contributed by atoms with Crippen LogP contribution in [-0.2, 0) is 4.74 Å². The van der Waals surface area contributed by atoms with Crippen molar-refractivity contribution < 1.29 is 4.74 Å². The summed E-state index contributed by atoms with van der Waals surface area (Å²) in [4.78, 5) is 2.64. The highest BCUT2D eigenvalue weighted by atomic mass is 31.1. The molecule has 0 radical (unpaired) electrons. The van der Waals surface area contributed by atoms with Crippen molar-refractivity contribution in [1.82, 2.24) is 4.90 Å². The van der Waals surface area contributed by atoms with Gasteiger partial charge in [-0.05, 0) is 32.1 Å². The number of hydrogen-bond donors (Lipinski definition) is 0. The normalized spacial score (nSPS) is 27.6. The molecule has 1 rings (SSSR count). The zero-order valence-corrected chi connectivity index (χ0v) is 13.3. The molecule has 1 saturated heterocycles. The van der Waals surface area contributed by atoms with E-state index in [1.807, 2.05) is 0 Å². The van der Waals surface area contributed by atoms with E-state index in [0.717, 1.165) is 18.6 Å². The Balaban J connectivity index is 2.48. The predicted octanol–water partition coefficient (Wildman–Crippen LogP) is 2.79. The van der Waals surface area contributed by atoms with E-state index in [-0.39, 0.29) is 5.59 Å². The smallest absolute Gasteiger partial charge is 0.0837 e. The molecule has 16 heavy (non-hydrogen) atoms. The third-order valence-electron chi connectivity index (χ3n) is 3.43.